The minimum atomic E-state index is -0.951. The van der Waals surface area contributed by atoms with Crippen LogP contribution in [0, 0.1) is 0 Å². The molecule has 2 heterocycles. The molecule has 1 unspecified atom stereocenters. The fourth-order valence-electron chi connectivity index (χ4n) is 1.56. The Morgan fingerprint density at radius 3 is 3.24 bits per heavy atom. The Morgan fingerprint density at radius 2 is 2.53 bits per heavy atom. The van der Waals surface area contributed by atoms with Crippen molar-refractivity contribution in [3.8, 4) is 0 Å². The number of aromatic nitrogens is 2. The quantitative estimate of drug-likeness (QED) is 0.778. The average molecular weight is 238 g/mol. The van der Waals surface area contributed by atoms with Crippen LogP contribution in [0.2, 0.25) is 0 Å². The number of ether oxygens (including phenoxy) is 2. The van der Waals surface area contributed by atoms with Crippen LogP contribution < -0.4 is 0 Å². The summed E-state index contributed by atoms with van der Waals surface area (Å²) in [7, 11) is 0. The van der Waals surface area contributed by atoms with Gasteiger partial charge in [-0.3, -0.25) is 0 Å². The molecule has 6 nitrogen and oxygen atoms in total. The average Bonchev–Trinajstić information content (AvgIpc) is 2.78. The third kappa shape index (κ3) is 3.40. The zero-order valence-electron chi connectivity index (χ0n) is 9.28. The van der Waals surface area contributed by atoms with Gasteiger partial charge in [0.05, 0.1) is 25.5 Å². The van der Waals surface area contributed by atoms with Gasteiger partial charge in [0.2, 0.25) is 0 Å². The SMILES string of the molecule is O=C(O)/C=C/Cc1ccn(C2COCCO2)n1. The molecule has 17 heavy (non-hydrogen) atoms. The van der Waals surface area contributed by atoms with Crippen LogP contribution in [0.5, 0.6) is 0 Å². The second kappa shape index (κ2) is 5.60. The Kier molecular flexibility index (Phi) is 3.89. The molecule has 1 N–H and O–H groups in total. The van der Waals surface area contributed by atoms with Crippen molar-refractivity contribution in [2.24, 2.45) is 0 Å². The van der Waals surface area contributed by atoms with E-state index in [0.717, 1.165) is 11.8 Å². The number of aliphatic carboxylic acids is 1. The number of nitrogens with zero attached hydrogens (tertiary/aromatic N) is 2. The van der Waals surface area contributed by atoms with Gasteiger partial charge < -0.3 is 14.6 Å². The number of hydrogen-bond donors (Lipinski definition) is 1. The predicted octanol–water partition coefficient (Wildman–Crippen LogP) is 0.612. The molecule has 1 aliphatic heterocycles. The van der Waals surface area contributed by atoms with Gasteiger partial charge in [-0.25, -0.2) is 9.48 Å². The molecule has 0 saturated carbocycles. The zero-order valence-corrected chi connectivity index (χ0v) is 9.28. The van der Waals surface area contributed by atoms with Gasteiger partial charge in [0.1, 0.15) is 0 Å². The zero-order chi connectivity index (χ0) is 12.1. The Morgan fingerprint density at radius 1 is 1.65 bits per heavy atom. The van der Waals surface area contributed by atoms with Crippen molar-refractivity contribution in [1.29, 1.82) is 0 Å². The molecule has 1 aliphatic rings. The summed E-state index contributed by atoms with van der Waals surface area (Å²) < 4.78 is 12.5. The highest BCUT2D eigenvalue weighted by Gasteiger charge is 2.16. The molecule has 0 aliphatic carbocycles. The van der Waals surface area contributed by atoms with E-state index in [1.165, 1.54) is 0 Å². The van der Waals surface area contributed by atoms with Crippen LogP contribution in [0.15, 0.2) is 24.4 Å². The molecular formula is C11H14N2O4. The Labute approximate surface area is 98.4 Å². The fraction of sp³-hybridized carbons (Fsp3) is 0.455. The van der Waals surface area contributed by atoms with Crippen LogP contribution in [-0.4, -0.2) is 40.7 Å². The highest BCUT2D eigenvalue weighted by Crippen LogP contribution is 2.12. The van der Waals surface area contributed by atoms with Gasteiger partial charge >= 0.3 is 5.97 Å². The van der Waals surface area contributed by atoms with Gasteiger partial charge in [-0.15, -0.1) is 0 Å². The van der Waals surface area contributed by atoms with Crippen LogP contribution in [0.4, 0.5) is 0 Å². The molecule has 92 valence electrons. The number of allylic oxidation sites excluding steroid dienone is 1. The summed E-state index contributed by atoms with van der Waals surface area (Å²) in [5.74, 6) is -0.951. The number of hydrogen-bond acceptors (Lipinski definition) is 4. The van der Waals surface area contributed by atoms with Crippen LogP contribution in [0.25, 0.3) is 0 Å². The van der Waals surface area contributed by atoms with E-state index < -0.39 is 5.97 Å². The van der Waals surface area contributed by atoms with E-state index in [4.69, 9.17) is 14.6 Å². The lowest BCUT2D eigenvalue weighted by atomic mass is 10.3. The van der Waals surface area contributed by atoms with E-state index in [9.17, 15) is 4.79 Å². The summed E-state index contributed by atoms with van der Waals surface area (Å²) in [5.41, 5.74) is 0.802. The van der Waals surface area contributed by atoms with Crippen molar-refractivity contribution in [3.63, 3.8) is 0 Å². The first kappa shape index (κ1) is 11.8. The number of carbonyl (C=O) groups is 1. The summed E-state index contributed by atoms with van der Waals surface area (Å²) in [6.07, 6.45) is 4.80. The van der Waals surface area contributed by atoms with E-state index >= 15 is 0 Å². The predicted molar refractivity (Wildman–Crippen MR) is 58.5 cm³/mol. The van der Waals surface area contributed by atoms with Crippen molar-refractivity contribution in [1.82, 2.24) is 9.78 Å². The maximum Gasteiger partial charge on any atom is 0.327 e. The minimum absolute atomic E-state index is 0.180. The van der Waals surface area contributed by atoms with Crippen LogP contribution in [0.1, 0.15) is 11.9 Å². The molecule has 1 atom stereocenters. The molecule has 0 bridgehead atoms. The maximum atomic E-state index is 10.3. The third-order valence-electron chi connectivity index (χ3n) is 2.34. The van der Waals surface area contributed by atoms with Gasteiger partial charge in [-0.1, -0.05) is 6.08 Å². The number of rotatable bonds is 4. The summed E-state index contributed by atoms with van der Waals surface area (Å²) in [6, 6.07) is 1.84. The molecule has 0 amide bonds. The van der Waals surface area contributed by atoms with E-state index in [-0.39, 0.29) is 6.23 Å². The molecule has 1 fully saturated rings. The summed E-state index contributed by atoms with van der Waals surface area (Å²) in [6.45, 7) is 1.68. The number of carboxylic acid groups (broad SMARTS) is 1. The number of carboxylic acids is 1. The standard InChI is InChI=1S/C11H14N2O4/c14-11(15)3-1-2-9-4-5-13(12-9)10-8-16-6-7-17-10/h1,3-5,10H,2,6-8H2,(H,14,15)/b3-1+. The van der Waals surface area contributed by atoms with E-state index in [2.05, 4.69) is 5.10 Å². The normalized spacial score (nSPS) is 20.8. The molecule has 1 aromatic heterocycles. The second-order valence-electron chi connectivity index (χ2n) is 3.63. The Balaban J connectivity index is 1.93. The lowest BCUT2D eigenvalue weighted by Gasteiger charge is -2.22. The minimum Gasteiger partial charge on any atom is -0.478 e. The van der Waals surface area contributed by atoms with Crippen LogP contribution >= 0.6 is 0 Å². The smallest absolute Gasteiger partial charge is 0.327 e. The van der Waals surface area contributed by atoms with Crippen LogP contribution in [0.3, 0.4) is 0 Å². The molecule has 1 aromatic rings. The van der Waals surface area contributed by atoms with Gasteiger partial charge in [0.15, 0.2) is 6.23 Å². The first-order chi connectivity index (χ1) is 8.25. The van der Waals surface area contributed by atoms with Crippen molar-refractivity contribution >= 4 is 5.97 Å². The second-order valence-corrected chi connectivity index (χ2v) is 3.63. The molecule has 6 heteroatoms. The van der Waals surface area contributed by atoms with E-state index in [0.29, 0.717) is 26.2 Å². The largest absolute Gasteiger partial charge is 0.478 e. The summed E-state index contributed by atoms with van der Waals surface area (Å²) in [4.78, 5) is 10.3. The molecule has 0 spiro atoms. The lowest BCUT2D eigenvalue weighted by Crippen LogP contribution is -2.27. The van der Waals surface area contributed by atoms with Crippen molar-refractivity contribution < 1.29 is 19.4 Å². The van der Waals surface area contributed by atoms with Crippen molar-refractivity contribution in [3.05, 3.63) is 30.1 Å². The molecule has 0 radical (unpaired) electrons. The molecule has 0 aromatic carbocycles. The van der Waals surface area contributed by atoms with Gasteiger partial charge in [-0.05, 0) is 6.07 Å². The Bertz CT molecular complexity index is 407. The van der Waals surface area contributed by atoms with E-state index in [1.54, 1.807) is 10.8 Å². The van der Waals surface area contributed by atoms with Crippen LogP contribution in [-0.2, 0) is 20.7 Å². The van der Waals surface area contributed by atoms with Gasteiger partial charge in [0.25, 0.3) is 0 Å². The molecule has 2 rings (SSSR count). The monoisotopic (exact) mass is 238 g/mol. The third-order valence-corrected chi connectivity index (χ3v) is 2.34. The lowest BCUT2D eigenvalue weighted by molar-refractivity contribution is -0.131. The topological polar surface area (TPSA) is 73.6 Å². The summed E-state index contributed by atoms with van der Waals surface area (Å²) in [5, 5.41) is 12.7. The van der Waals surface area contributed by atoms with Crippen molar-refractivity contribution in [2.45, 2.75) is 12.6 Å². The summed E-state index contributed by atoms with van der Waals surface area (Å²) >= 11 is 0. The first-order valence-corrected chi connectivity index (χ1v) is 5.38. The fourth-order valence-corrected chi connectivity index (χ4v) is 1.56. The van der Waals surface area contributed by atoms with E-state index in [1.807, 2.05) is 12.3 Å². The first-order valence-electron chi connectivity index (χ1n) is 5.38. The van der Waals surface area contributed by atoms with Crippen molar-refractivity contribution in [2.75, 3.05) is 19.8 Å². The van der Waals surface area contributed by atoms with Gasteiger partial charge in [0, 0.05) is 18.7 Å². The van der Waals surface area contributed by atoms with Gasteiger partial charge in [-0.2, -0.15) is 5.10 Å². The Hall–Kier alpha value is -1.66. The highest BCUT2D eigenvalue weighted by atomic mass is 16.6. The maximum absolute atomic E-state index is 10.3. The molecule has 1 saturated heterocycles. The molecular weight excluding hydrogens is 224 g/mol. The highest BCUT2D eigenvalue weighted by molar-refractivity contribution is 5.79.